The molecule has 0 atom stereocenters. The Hall–Kier alpha value is -1.66. The molecule has 1 spiro atoms. The molecule has 0 unspecified atom stereocenters. The van der Waals surface area contributed by atoms with E-state index in [0.29, 0.717) is 17.0 Å². The van der Waals surface area contributed by atoms with E-state index < -0.39 is 0 Å². The Morgan fingerprint density at radius 2 is 2.00 bits per heavy atom. The van der Waals surface area contributed by atoms with E-state index >= 15 is 0 Å². The minimum atomic E-state index is -0.249. The van der Waals surface area contributed by atoms with Crippen LogP contribution in [0.2, 0.25) is 0 Å². The van der Waals surface area contributed by atoms with Gasteiger partial charge in [0, 0.05) is 40.3 Å². The summed E-state index contributed by atoms with van der Waals surface area (Å²) >= 11 is 3.98. The number of carbonyl (C=O) groups excluding carboxylic acids is 2. The van der Waals surface area contributed by atoms with Crippen LogP contribution in [0, 0.1) is 6.92 Å². The number of nitrogens with one attached hydrogen (secondary N) is 1. The highest BCUT2D eigenvalue weighted by Gasteiger charge is 2.45. The first-order valence-electron chi connectivity index (χ1n) is 8.83. The third-order valence-corrected chi connectivity index (χ3v) is 8.53. The second-order valence-electron chi connectivity index (χ2n) is 6.75. The summed E-state index contributed by atoms with van der Waals surface area (Å²) in [4.78, 5) is 24.4. The number of ketones is 1. The van der Waals surface area contributed by atoms with Crippen molar-refractivity contribution in [3.63, 3.8) is 0 Å². The van der Waals surface area contributed by atoms with Gasteiger partial charge in [0.2, 0.25) is 0 Å². The summed E-state index contributed by atoms with van der Waals surface area (Å²) in [5, 5.41) is 2.88. The van der Waals surface area contributed by atoms with Crippen molar-refractivity contribution < 1.29 is 14.0 Å². The summed E-state index contributed by atoms with van der Waals surface area (Å²) in [7, 11) is 0. The van der Waals surface area contributed by atoms with Gasteiger partial charge in [-0.15, -0.1) is 23.5 Å². The first kappa shape index (κ1) is 17.7. The van der Waals surface area contributed by atoms with Crippen LogP contribution >= 0.6 is 23.5 Å². The zero-order valence-electron chi connectivity index (χ0n) is 14.9. The number of benzene rings is 1. The zero-order chi connectivity index (χ0) is 18.3. The van der Waals surface area contributed by atoms with E-state index in [4.69, 9.17) is 4.42 Å². The number of rotatable bonds is 3. The van der Waals surface area contributed by atoms with Gasteiger partial charge >= 0.3 is 0 Å². The molecule has 1 N–H and O–H groups in total. The van der Waals surface area contributed by atoms with Crippen LogP contribution < -0.4 is 5.32 Å². The molecule has 1 saturated heterocycles. The molecule has 1 aromatic heterocycles. The van der Waals surface area contributed by atoms with Crippen molar-refractivity contribution in [1.29, 1.82) is 0 Å². The fourth-order valence-corrected chi connectivity index (χ4v) is 7.38. The molecule has 2 aliphatic rings. The lowest BCUT2D eigenvalue weighted by molar-refractivity contribution is 0.0989. The van der Waals surface area contributed by atoms with Gasteiger partial charge in [0.15, 0.2) is 11.5 Å². The van der Waals surface area contributed by atoms with Gasteiger partial charge < -0.3 is 9.73 Å². The maximum Gasteiger partial charge on any atom is 0.291 e. The quantitative estimate of drug-likeness (QED) is 0.750. The molecular formula is C20H21NO3S2. The summed E-state index contributed by atoms with van der Waals surface area (Å²) in [5.41, 5.74) is 3.38. The molecule has 6 heteroatoms. The van der Waals surface area contributed by atoms with Crippen molar-refractivity contribution in [2.45, 2.75) is 37.2 Å². The largest absolute Gasteiger partial charge is 0.455 e. The second kappa shape index (κ2) is 6.82. The Labute approximate surface area is 161 Å². The Kier molecular flexibility index (Phi) is 4.65. The maximum absolute atomic E-state index is 12.8. The third kappa shape index (κ3) is 2.99. The van der Waals surface area contributed by atoms with E-state index in [1.54, 1.807) is 24.3 Å². The predicted octanol–water partition coefficient (Wildman–Crippen LogP) is 5.01. The number of anilines is 1. The lowest BCUT2D eigenvalue weighted by Gasteiger charge is -2.31. The number of aryl methyl sites for hydroxylation is 1. The van der Waals surface area contributed by atoms with Crippen molar-refractivity contribution in [3.05, 3.63) is 52.5 Å². The molecule has 0 radical (unpaired) electrons. The van der Waals surface area contributed by atoms with Crippen molar-refractivity contribution in [2.24, 2.45) is 0 Å². The first-order chi connectivity index (χ1) is 12.5. The Morgan fingerprint density at radius 1 is 1.23 bits per heavy atom. The van der Waals surface area contributed by atoms with Crippen LogP contribution in [0.4, 0.5) is 5.69 Å². The summed E-state index contributed by atoms with van der Waals surface area (Å²) in [6, 6.07) is 7.00. The van der Waals surface area contributed by atoms with Crippen molar-refractivity contribution >= 4 is 40.9 Å². The van der Waals surface area contributed by atoms with Crippen LogP contribution in [0.25, 0.3) is 0 Å². The summed E-state index contributed by atoms with van der Waals surface area (Å²) in [6.45, 7) is 3.51. The minimum absolute atomic E-state index is 0.0250. The van der Waals surface area contributed by atoms with Crippen LogP contribution in [-0.2, 0) is 10.5 Å². The van der Waals surface area contributed by atoms with Gasteiger partial charge in [-0.2, -0.15) is 0 Å². The molecule has 136 valence electrons. The molecule has 1 aromatic carbocycles. The van der Waals surface area contributed by atoms with E-state index in [1.807, 2.05) is 30.4 Å². The first-order valence-corrected chi connectivity index (χ1v) is 10.8. The van der Waals surface area contributed by atoms with E-state index in [1.165, 1.54) is 12.5 Å². The van der Waals surface area contributed by atoms with Crippen LogP contribution in [0.5, 0.6) is 0 Å². The molecule has 1 aliphatic heterocycles. The lowest BCUT2D eigenvalue weighted by Crippen LogP contribution is -2.21. The van der Waals surface area contributed by atoms with Crippen LogP contribution in [0.1, 0.15) is 57.6 Å². The summed E-state index contributed by atoms with van der Waals surface area (Å²) < 4.78 is 6.09. The van der Waals surface area contributed by atoms with Gasteiger partial charge in [0.05, 0.1) is 4.08 Å². The van der Waals surface area contributed by atoms with E-state index in [2.05, 4.69) is 5.32 Å². The average molecular weight is 388 g/mol. The molecule has 0 bridgehead atoms. The normalized spacial score (nSPS) is 17.9. The van der Waals surface area contributed by atoms with Gasteiger partial charge in [0.25, 0.3) is 5.91 Å². The Bertz CT molecular complexity index is 881. The molecule has 0 saturated carbocycles. The van der Waals surface area contributed by atoms with Crippen LogP contribution in [0.3, 0.4) is 0 Å². The summed E-state index contributed by atoms with van der Waals surface area (Å²) in [6.07, 6.45) is 3.13. The number of carbonyl (C=O) groups is 2. The van der Waals surface area contributed by atoms with Gasteiger partial charge in [-0.25, -0.2) is 0 Å². The van der Waals surface area contributed by atoms with Gasteiger partial charge in [-0.1, -0.05) is 12.1 Å². The third-order valence-electron chi connectivity index (χ3n) is 5.00. The van der Waals surface area contributed by atoms with Gasteiger partial charge in [-0.05, 0) is 38.8 Å². The number of hydrogen-bond acceptors (Lipinski definition) is 5. The molecule has 26 heavy (non-hydrogen) atoms. The molecular weight excluding hydrogens is 366 g/mol. The van der Waals surface area contributed by atoms with E-state index in [-0.39, 0.29) is 15.8 Å². The molecule has 2 aromatic rings. The fraction of sp³-hybridized carbons (Fsp3) is 0.400. The molecule has 4 rings (SSSR count). The number of thioether (sulfide) groups is 2. The summed E-state index contributed by atoms with van der Waals surface area (Å²) in [5.74, 6) is 3.39. The van der Waals surface area contributed by atoms with Gasteiger partial charge in [-0.3, -0.25) is 9.59 Å². The monoisotopic (exact) mass is 387 g/mol. The molecule has 1 aliphatic carbocycles. The average Bonchev–Trinajstić information content (AvgIpc) is 3.21. The highest BCUT2D eigenvalue weighted by molar-refractivity contribution is 8.20. The van der Waals surface area contributed by atoms with Crippen molar-refractivity contribution in [2.75, 3.05) is 16.8 Å². The highest BCUT2D eigenvalue weighted by Crippen LogP contribution is 2.59. The number of amides is 1. The topological polar surface area (TPSA) is 59.3 Å². The van der Waals surface area contributed by atoms with Crippen LogP contribution in [-0.4, -0.2) is 23.2 Å². The Morgan fingerprint density at radius 3 is 2.73 bits per heavy atom. The van der Waals surface area contributed by atoms with Crippen molar-refractivity contribution in [1.82, 2.24) is 0 Å². The number of furan rings is 1. The zero-order valence-corrected chi connectivity index (χ0v) is 16.5. The fourth-order valence-electron chi connectivity index (χ4n) is 3.82. The van der Waals surface area contributed by atoms with Crippen molar-refractivity contribution in [3.8, 4) is 0 Å². The molecule has 1 amide bonds. The number of fused-ring (bicyclic) bond motifs is 2. The lowest BCUT2D eigenvalue weighted by atomic mass is 9.94. The molecule has 2 heterocycles. The standard InChI is InChI=1S/C20H21NO3S2/c1-12-17-16(7-4-8-20(17)25-9-10-26-20)24-18(12)19(23)21-15-6-3-5-14(11-15)13(2)22/h3,5-6,11H,4,7-10H2,1-2H3,(H,21,23). The second-order valence-corrected chi connectivity index (χ2v) is 9.79. The maximum atomic E-state index is 12.8. The molecule has 1 fully saturated rings. The Balaban J connectivity index is 1.65. The number of hydrogen-bond donors (Lipinski definition) is 1. The van der Waals surface area contributed by atoms with Gasteiger partial charge in [0.1, 0.15) is 5.76 Å². The van der Waals surface area contributed by atoms with E-state index in [0.717, 1.165) is 42.1 Å². The van der Waals surface area contributed by atoms with E-state index in [9.17, 15) is 9.59 Å². The van der Waals surface area contributed by atoms with Crippen LogP contribution in [0.15, 0.2) is 28.7 Å². The predicted molar refractivity (Wildman–Crippen MR) is 107 cm³/mol. The number of Topliss-reactive ketones (excluding diaryl/α,β-unsaturated/α-hetero) is 1. The SMILES string of the molecule is CC(=O)c1cccc(NC(=O)c2oc3c(c2C)C2(CCC3)SCCS2)c1. The highest BCUT2D eigenvalue weighted by atomic mass is 32.2. The smallest absolute Gasteiger partial charge is 0.291 e. The molecule has 4 nitrogen and oxygen atoms in total. The minimum Gasteiger partial charge on any atom is -0.455 e.